The molecule has 0 aromatic heterocycles. The molecule has 0 saturated carbocycles. The van der Waals surface area contributed by atoms with Crippen LogP contribution in [-0.4, -0.2) is 34.1 Å². The molecule has 0 atom stereocenters. The lowest BCUT2D eigenvalue weighted by molar-refractivity contribution is -0.117. The van der Waals surface area contributed by atoms with E-state index >= 15 is 0 Å². The maximum atomic E-state index is 13.2. The van der Waals surface area contributed by atoms with Crippen LogP contribution in [0.1, 0.15) is 72.9 Å². The highest BCUT2D eigenvalue weighted by atomic mass is 16.5. The molecule has 2 aliphatic carbocycles. The third kappa shape index (κ3) is 4.29. The van der Waals surface area contributed by atoms with Crippen LogP contribution in [0, 0.1) is 0 Å². The van der Waals surface area contributed by atoms with E-state index in [0.717, 1.165) is 65.9 Å². The third-order valence-electron chi connectivity index (χ3n) is 7.20. The van der Waals surface area contributed by atoms with Crippen LogP contribution in [0.3, 0.4) is 0 Å². The topological polar surface area (TPSA) is 83.9 Å². The second-order valence-corrected chi connectivity index (χ2v) is 9.31. The second kappa shape index (κ2) is 9.53. The van der Waals surface area contributed by atoms with Gasteiger partial charge >= 0.3 is 5.97 Å². The largest absolute Gasteiger partial charge is 0.489 e. The highest BCUT2D eigenvalue weighted by Gasteiger charge is 2.42. The molecule has 1 heterocycles. The fourth-order valence-corrected chi connectivity index (χ4v) is 5.63. The molecule has 1 aliphatic heterocycles. The van der Waals surface area contributed by atoms with Gasteiger partial charge < -0.3 is 14.7 Å². The summed E-state index contributed by atoms with van der Waals surface area (Å²) in [6.07, 6.45) is 4.46. The molecule has 6 heteroatoms. The van der Waals surface area contributed by atoms with Crippen LogP contribution >= 0.6 is 0 Å². The number of ketones is 2. The lowest BCUT2D eigenvalue weighted by Crippen LogP contribution is -2.39. The van der Waals surface area contributed by atoms with E-state index in [-0.39, 0.29) is 29.7 Å². The Balaban J connectivity index is 1.49. The highest BCUT2D eigenvalue weighted by Crippen LogP contribution is 2.49. The molecule has 180 valence electrons. The van der Waals surface area contributed by atoms with Crippen molar-refractivity contribution in [2.75, 3.05) is 6.54 Å². The number of carboxylic acids is 1. The standard InChI is InChI=1S/C29H29NO5/c1-2-30-22-8-4-10-24(31)27(22)26(28-23(30)9-5-11-25(28)32)20-6-3-7-21(16-20)35-17-18-12-14-19(15-13-18)29(33)34/h3,6-7,12-16,26H,2,4-5,8-11,17H2,1H3,(H,33,34). The van der Waals surface area contributed by atoms with E-state index in [1.165, 1.54) is 0 Å². The van der Waals surface area contributed by atoms with E-state index < -0.39 is 5.97 Å². The number of aromatic carboxylic acids is 1. The van der Waals surface area contributed by atoms with Crippen molar-refractivity contribution in [3.8, 4) is 5.75 Å². The number of benzene rings is 2. The van der Waals surface area contributed by atoms with Gasteiger partial charge in [0.05, 0.1) is 5.56 Å². The number of carbonyl (C=O) groups is 3. The molecular formula is C29H29NO5. The number of Topliss-reactive ketones (excluding diaryl/α,β-unsaturated/α-hetero) is 2. The summed E-state index contributed by atoms with van der Waals surface area (Å²) in [4.78, 5) is 39.8. The molecule has 2 aromatic rings. The molecule has 0 spiro atoms. The smallest absolute Gasteiger partial charge is 0.335 e. The summed E-state index contributed by atoms with van der Waals surface area (Å²) < 4.78 is 6.03. The lowest BCUT2D eigenvalue weighted by Gasteiger charge is -2.43. The molecule has 5 rings (SSSR count). The van der Waals surface area contributed by atoms with Crippen molar-refractivity contribution in [2.24, 2.45) is 0 Å². The van der Waals surface area contributed by atoms with Crippen LogP contribution in [-0.2, 0) is 16.2 Å². The van der Waals surface area contributed by atoms with Crippen LogP contribution < -0.4 is 4.74 Å². The van der Waals surface area contributed by atoms with Gasteiger partial charge in [-0.3, -0.25) is 9.59 Å². The average molecular weight is 472 g/mol. The van der Waals surface area contributed by atoms with Crippen molar-refractivity contribution in [3.63, 3.8) is 0 Å². The van der Waals surface area contributed by atoms with Gasteiger partial charge in [-0.1, -0.05) is 24.3 Å². The number of hydrogen-bond donors (Lipinski definition) is 1. The summed E-state index contributed by atoms with van der Waals surface area (Å²) in [7, 11) is 0. The summed E-state index contributed by atoms with van der Waals surface area (Å²) in [5.74, 6) is -0.370. The van der Waals surface area contributed by atoms with Crippen LogP contribution in [0.25, 0.3) is 0 Å². The Morgan fingerprint density at radius 1 is 0.943 bits per heavy atom. The van der Waals surface area contributed by atoms with Gasteiger partial charge in [0.1, 0.15) is 12.4 Å². The number of carbonyl (C=O) groups excluding carboxylic acids is 2. The third-order valence-corrected chi connectivity index (χ3v) is 7.20. The molecule has 0 amide bonds. The fourth-order valence-electron chi connectivity index (χ4n) is 5.63. The van der Waals surface area contributed by atoms with E-state index in [9.17, 15) is 14.4 Å². The minimum Gasteiger partial charge on any atom is -0.489 e. The van der Waals surface area contributed by atoms with Gasteiger partial charge in [0.2, 0.25) is 0 Å². The number of hydrogen-bond acceptors (Lipinski definition) is 5. The second-order valence-electron chi connectivity index (χ2n) is 9.31. The minimum atomic E-state index is -0.962. The quantitative estimate of drug-likeness (QED) is 0.608. The first-order valence-electron chi connectivity index (χ1n) is 12.3. The molecule has 3 aliphatic rings. The Morgan fingerprint density at radius 3 is 2.14 bits per heavy atom. The summed E-state index contributed by atoms with van der Waals surface area (Å²) >= 11 is 0. The van der Waals surface area contributed by atoms with Crippen molar-refractivity contribution in [3.05, 3.63) is 87.8 Å². The monoisotopic (exact) mass is 471 g/mol. The number of nitrogens with zero attached hydrogens (tertiary/aromatic N) is 1. The molecule has 0 radical (unpaired) electrons. The van der Waals surface area contributed by atoms with E-state index in [4.69, 9.17) is 9.84 Å². The average Bonchev–Trinajstić information content (AvgIpc) is 2.87. The number of ether oxygens (including phenoxy) is 1. The fraction of sp³-hybridized carbons (Fsp3) is 0.345. The molecule has 1 N–H and O–H groups in total. The minimum absolute atomic E-state index is 0.143. The summed E-state index contributed by atoms with van der Waals surface area (Å²) in [5, 5.41) is 9.08. The molecular weight excluding hydrogens is 442 g/mol. The molecule has 0 fully saturated rings. The van der Waals surface area contributed by atoms with Crippen LogP contribution in [0.4, 0.5) is 0 Å². The first-order valence-corrected chi connectivity index (χ1v) is 12.3. The van der Waals surface area contributed by atoms with Crippen molar-refractivity contribution < 1.29 is 24.2 Å². The van der Waals surface area contributed by atoms with E-state index in [1.54, 1.807) is 24.3 Å². The summed E-state index contributed by atoms with van der Waals surface area (Å²) in [5.41, 5.74) is 5.75. The zero-order valence-electron chi connectivity index (χ0n) is 19.9. The Labute approximate surface area is 204 Å². The molecule has 0 unspecified atom stereocenters. The van der Waals surface area contributed by atoms with Gasteiger partial charge in [0.25, 0.3) is 0 Å². The van der Waals surface area contributed by atoms with Gasteiger partial charge in [-0.05, 0) is 68.0 Å². The van der Waals surface area contributed by atoms with Gasteiger partial charge in [0.15, 0.2) is 11.6 Å². The molecule has 2 aromatic carbocycles. The maximum absolute atomic E-state index is 13.2. The molecule has 0 saturated heterocycles. The zero-order chi connectivity index (χ0) is 24.5. The van der Waals surface area contributed by atoms with Gasteiger partial charge in [-0.15, -0.1) is 0 Å². The normalized spacial score (nSPS) is 18.5. The first-order chi connectivity index (χ1) is 17.0. The van der Waals surface area contributed by atoms with Gasteiger partial charge in [-0.25, -0.2) is 4.79 Å². The van der Waals surface area contributed by atoms with Crippen molar-refractivity contribution in [2.45, 2.75) is 58.0 Å². The molecule has 35 heavy (non-hydrogen) atoms. The van der Waals surface area contributed by atoms with E-state index in [0.29, 0.717) is 18.6 Å². The van der Waals surface area contributed by atoms with E-state index in [2.05, 4.69) is 11.8 Å². The first kappa shape index (κ1) is 23.1. The van der Waals surface area contributed by atoms with Crippen LogP contribution in [0.15, 0.2) is 71.1 Å². The predicted molar refractivity (Wildman–Crippen MR) is 131 cm³/mol. The Bertz CT molecular complexity index is 1210. The van der Waals surface area contributed by atoms with Gasteiger partial charge in [0, 0.05) is 47.8 Å². The number of allylic oxidation sites excluding steroid dienone is 4. The van der Waals surface area contributed by atoms with Crippen LogP contribution in [0.5, 0.6) is 5.75 Å². The number of rotatable bonds is 6. The molecule has 0 bridgehead atoms. The number of carboxylic acid groups (broad SMARTS) is 1. The maximum Gasteiger partial charge on any atom is 0.335 e. The predicted octanol–water partition coefficient (Wildman–Crippen LogP) is 5.40. The van der Waals surface area contributed by atoms with Crippen molar-refractivity contribution in [1.29, 1.82) is 0 Å². The van der Waals surface area contributed by atoms with Crippen molar-refractivity contribution >= 4 is 17.5 Å². The zero-order valence-corrected chi connectivity index (χ0v) is 19.9. The Hall–Kier alpha value is -3.67. The van der Waals surface area contributed by atoms with Crippen LogP contribution in [0.2, 0.25) is 0 Å². The van der Waals surface area contributed by atoms with Gasteiger partial charge in [-0.2, -0.15) is 0 Å². The Kier molecular flexibility index (Phi) is 6.29. The highest BCUT2D eigenvalue weighted by molar-refractivity contribution is 6.06. The SMILES string of the molecule is CCN1C2=C(C(=O)CCC2)C(c2cccc(OCc3ccc(C(=O)O)cc3)c2)C2=C1CCCC2=O. The summed E-state index contributed by atoms with van der Waals surface area (Å²) in [6, 6.07) is 14.3. The summed E-state index contributed by atoms with van der Waals surface area (Å²) in [6.45, 7) is 3.14. The van der Waals surface area contributed by atoms with E-state index in [1.807, 2.05) is 24.3 Å². The lowest BCUT2D eigenvalue weighted by atomic mass is 9.71. The molecule has 6 nitrogen and oxygen atoms in total. The Morgan fingerprint density at radius 2 is 1.57 bits per heavy atom. The van der Waals surface area contributed by atoms with Crippen molar-refractivity contribution in [1.82, 2.24) is 4.90 Å².